The molecule has 0 saturated carbocycles. The molecule has 3 heterocycles. The number of nitrogens with one attached hydrogen (secondary N) is 1. The standard InChI is InChI=1S/C40H43FN6O4Si/c1-26-37(52(2,3)41)36(20-21-46-24-34(44-45-46)32(25-48)28-11-5-4-6-12-28)51-40(26)33-14-7-8-15-35(33)47(39(40)50)23-27-10-9-13-31(22-27)43-38(49)29-16-18-30(42)19-17-29/h4-19,22,24,26,32,36-37,48H,20-21,23,25,42H2,1-3H3,(H,43,49)/t26-,32?,36+,37-,40+/m1/s1. The second-order valence-electron chi connectivity index (χ2n) is 14.3. The predicted octanol–water partition coefficient (Wildman–Crippen LogP) is 6.65. The fourth-order valence-corrected chi connectivity index (χ4v) is 10.6. The van der Waals surface area contributed by atoms with Crippen LogP contribution >= 0.6 is 0 Å². The van der Waals surface area contributed by atoms with Gasteiger partial charge in [0.1, 0.15) is 0 Å². The van der Waals surface area contributed by atoms with Crippen molar-refractivity contribution in [1.82, 2.24) is 15.0 Å². The molecular formula is C40H43FN6O4Si. The maximum absolute atomic E-state index is 16.4. The first-order valence-electron chi connectivity index (χ1n) is 17.6. The number of halogens is 1. The SMILES string of the molecule is C[C@@H]1[C@@H]([Si](C)(C)F)[C@H](CCn2cc(C(CO)c3ccccc3)nn2)O[C@@]12C(=O)N(Cc1cccc(NC(=O)c3ccc(N)cc3)c1)c1ccccc12. The fraction of sp³-hybridized carbons (Fsp3) is 0.300. The lowest BCUT2D eigenvalue weighted by atomic mass is 9.82. The molecule has 10 nitrogen and oxygen atoms in total. The van der Waals surface area contributed by atoms with Gasteiger partial charge in [-0.2, -0.15) is 0 Å². The lowest BCUT2D eigenvalue weighted by molar-refractivity contribution is -0.146. The number of para-hydroxylation sites is 1. The zero-order chi connectivity index (χ0) is 36.6. The second-order valence-corrected chi connectivity index (χ2v) is 18.1. The minimum absolute atomic E-state index is 0.112. The molecule has 1 saturated heterocycles. The first-order chi connectivity index (χ1) is 25.0. The van der Waals surface area contributed by atoms with Crippen LogP contribution in [0.5, 0.6) is 0 Å². The van der Waals surface area contributed by atoms with Crippen LogP contribution in [0.2, 0.25) is 18.6 Å². The number of aromatic nitrogens is 3. The Morgan fingerprint density at radius 1 is 1.04 bits per heavy atom. The summed E-state index contributed by atoms with van der Waals surface area (Å²) in [6.07, 6.45) is 1.71. The van der Waals surface area contributed by atoms with Gasteiger partial charge >= 0.3 is 0 Å². The van der Waals surface area contributed by atoms with Crippen molar-refractivity contribution in [2.24, 2.45) is 5.92 Å². The minimum Gasteiger partial charge on any atom is -0.399 e. The Morgan fingerprint density at radius 2 is 1.77 bits per heavy atom. The van der Waals surface area contributed by atoms with E-state index in [1.54, 1.807) is 53.0 Å². The summed E-state index contributed by atoms with van der Waals surface area (Å²) in [6, 6.07) is 31.4. The number of aliphatic hydroxyl groups excluding tert-OH is 1. The maximum Gasteiger partial charge on any atom is 0.264 e. The molecule has 1 fully saturated rings. The molecule has 52 heavy (non-hydrogen) atoms. The van der Waals surface area contributed by atoms with Crippen molar-refractivity contribution in [3.8, 4) is 0 Å². The number of aryl methyl sites for hydroxylation is 1. The van der Waals surface area contributed by atoms with Crippen molar-refractivity contribution in [3.05, 3.63) is 137 Å². The van der Waals surface area contributed by atoms with Crippen LogP contribution in [0.25, 0.3) is 0 Å². The number of nitrogens with two attached hydrogens (primary N) is 1. The molecule has 4 aromatic carbocycles. The molecule has 2 aliphatic heterocycles. The van der Waals surface area contributed by atoms with E-state index in [4.69, 9.17) is 10.5 Å². The van der Waals surface area contributed by atoms with Crippen LogP contribution in [-0.4, -0.2) is 53.0 Å². The molecule has 268 valence electrons. The lowest BCUT2D eigenvalue weighted by Crippen LogP contribution is -2.45. The zero-order valence-electron chi connectivity index (χ0n) is 29.4. The zero-order valence-corrected chi connectivity index (χ0v) is 30.4. The molecule has 2 amide bonds. The summed E-state index contributed by atoms with van der Waals surface area (Å²) < 4.78 is 25.0. The summed E-state index contributed by atoms with van der Waals surface area (Å²) in [7, 11) is -3.37. The minimum atomic E-state index is -3.37. The maximum atomic E-state index is 16.4. The average Bonchev–Trinajstić information content (AvgIpc) is 3.79. The highest BCUT2D eigenvalue weighted by Crippen LogP contribution is 2.60. The van der Waals surface area contributed by atoms with Gasteiger partial charge in [-0.05, 0) is 73.1 Å². The van der Waals surface area contributed by atoms with Gasteiger partial charge in [-0.25, -0.2) is 0 Å². The quantitative estimate of drug-likeness (QED) is 0.0791. The summed E-state index contributed by atoms with van der Waals surface area (Å²) in [5, 5.41) is 21.8. The Labute approximate surface area is 303 Å². The molecule has 4 N–H and O–H groups in total. The van der Waals surface area contributed by atoms with Gasteiger partial charge in [0.2, 0.25) is 8.41 Å². The number of hydrogen-bond donors (Lipinski definition) is 3. The van der Waals surface area contributed by atoms with E-state index in [9.17, 15) is 14.7 Å². The summed E-state index contributed by atoms with van der Waals surface area (Å²) in [6.45, 7) is 5.86. The summed E-state index contributed by atoms with van der Waals surface area (Å²) in [5.74, 6) is -1.24. The van der Waals surface area contributed by atoms with Crippen molar-refractivity contribution in [2.75, 3.05) is 22.6 Å². The molecule has 1 spiro atoms. The normalized spacial score (nSPS) is 21.8. The number of amides is 2. The number of hydrogen-bond acceptors (Lipinski definition) is 7. The van der Waals surface area contributed by atoms with Gasteiger partial charge in [-0.1, -0.05) is 72.8 Å². The van der Waals surface area contributed by atoms with Crippen molar-refractivity contribution in [1.29, 1.82) is 0 Å². The molecule has 5 aromatic rings. The van der Waals surface area contributed by atoms with E-state index in [-0.39, 0.29) is 30.9 Å². The highest BCUT2D eigenvalue weighted by atomic mass is 28.4. The third kappa shape index (κ3) is 6.53. The Hall–Kier alpha value is -5.17. The van der Waals surface area contributed by atoms with E-state index in [0.717, 1.165) is 22.4 Å². The highest BCUT2D eigenvalue weighted by molar-refractivity contribution is 6.72. The third-order valence-corrected chi connectivity index (χ3v) is 13.0. The van der Waals surface area contributed by atoms with Gasteiger partial charge < -0.3 is 29.9 Å². The number of anilines is 3. The number of fused-ring (bicyclic) bond motifs is 2. The Morgan fingerprint density at radius 3 is 2.50 bits per heavy atom. The van der Waals surface area contributed by atoms with Crippen molar-refractivity contribution in [2.45, 2.75) is 62.7 Å². The molecule has 1 aromatic heterocycles. The topological polar surface area (TPSA) is 136 Å². The van der Waals surface area contributed by atoms with Gasteiger partial charge in [-0.15, -0.1) is 5.10 Å². The molecule has 0 bridgehead atoms. The number of aliphatic hydroxyl groups is 1. The monoisotopic (exact) mass is 718 g/mol. The van der Waals surface area contributed by atoms with Crippen molar-refractivity contribution in [3.63, 3.8) is 0 Å². The van der Waals surface area contributed by atoms with E-state index in [0.29, 0.717) is 35.6 Å². The smallest absolute Gasteiger partial charge is 0.264 e. The van der Waals surface area contributed by atoms with Crippen LogP contribution in [-0.2, 0) is 28.2 Å². The number of carbonyl (C=O) groups is 2. The molecule has 2 aliphatic rings. The molecule has 0 radical (unpaired) electrons. The van der Waals surface area contributed by atoms with E-state index < -0.39 is 31.6 Å². The Bertz CT molecular complexity index is 2070. The van der Waals surface area contributed by atoms with E-state index in [2.05, 4.69) is 15.6 Å². The third-order valence-electron chi connectivity index (χ3n) is 10.5. The van der Waals surface area contributed by atoms with Crippen molar-refractivity contribution < 1.29 is 23.5 Å². The predicted molar refractivity (Wildman–Crippen MR) is 201 cm³/mol. The first-order valence-corrected chi connectivity index (χ1v) is 20.5. The van der Waals surface area contributed by atoms with Gasteiger partial charge in [0.05, 0.1) is 36.6 Å². The number of benzene rings is 4. The van der Waals surface area contributed by atoms with Crippen LogP contribution in [0, 0.1) is 5.92 Å². The van der Waals surface area contributed by atoms with Crippen LogP contribution < -0.4 is 16.0 Å². The number of rotatable bonds is 11. The molecule has 5 atom stereocenters. The Kier molecular flexibility index (Phi) is 9.55. The second kappa shape index (κ2) is 14.1. The van der Waals surface area contributed by atoms with Gasteiger partial charge in [0.25, 0.3) is 11.8 Å². The molecule has 0 aliphatic carbocycles. The first kappa shape index (κ1) is 35.2. The largest absolute Gasteiger partial charge is 0.399 e. The van der Waals surface area contributed by atoms with Gasteiger partial charge in [0, 0.05) is 46.7 Å². The molecule has 12 heteroatoms. The van der Waals surface area contributed by atoms with Crippen LogP contribution in [0.1, 0.15) is 52.0 Å². The average molecular weight is 719 g/mol. The number of nitrogens with zero attached hydrogens (tertiary/aromatic N) is 4. The van der Waals surface area contributed by atoms with Gasteiger partial charge in [-0.3, -0.25) is 14.3 Å². The highest BCUT2D eigenvalue weighted by Gasteiger charge is 2.66. The number of ether oxygens (including phenoxy) is 1. The summed E-state index contributed by atoms with van der Waals surface area (Å²) in [5.41, 5.74) is 9.47. The lowest BCUT2D eigenvalue weighted by Gasteiger charge is -2.31. The Balaban J connectivity index is 1.12. The van der Waals surface area contributed by atoms with Crippen LogP contribution in [0.15, 0.2) is 109 Å². The molecular weight excluding hydrogens is 676 g/mol. The molecule has 1 unspecified atom stereocenters. The number of carbonyl (C=O) groups excluding carboxylic acids is 2. The van der Waals surface area contributed by atoms with Crippen LogP contribution in [0.4, 0.5) is 21.2 Å². The van der Waals surface area contributed by atoms with Gasteiger partial charge in [0.15, 0.2) is 5.60 Å². The van der Waals surface area contributed by atoms with Crippen molar-refractivity contribution >= 4 is 37.3 Å². The summed E-state index contributed by atoms with van der Waals surface area (Å²) in [4.78, 5) is 29.4. The molecule has 7 rings (SSSR count). The van der Waals surface area contributed by atoms with Crippen LogP contribution in [0.3, 0.4) is 0 Å². The van der Waals surface area contributed by atoms with E-state index >= 15 is 4.11 Å². The van der Waals surface area contributed by atoms with E-state index in [1.807, 2.05) is 85.9 Å². The summed E-state index contributed by atoms with van der Waals surface area (Å²) >= 11 is 0. The van der Waals surface area contributed by atoms with E-state index in [1.165, 1.54) is 0 Å². The number of nitrogen functional groups attached to an aromatic ring is 1. The fourth-order valence-electron chi connectivity index (χ4n) is 8.09.